The highest BCUT2D eigenvalue weighted by Gasteiger charge is 2.40. The molecule has 2 atom stereocenters. The molecule has 4 heteroatoms. The lowest BCUT2D eigenvalue weighted by Gasteiger charge is -2.29. The Balaban J connectivity index is 1.81. The molecule has 0 saturated heterocycles. The van der Waals surface area contributed by atoms with Gasteiger partial charge in [0.05, 0.1) is 12.3 Å². The molecule has 1 saturated carbocycles. The van der Waals surface area contributed by atoms with Crippen LogP contribution >= 0.6 is 0 Å². The number of aliphatic hydroxyl groups excluding tert-OH is 1. The van der Waals surface area contributed by atoms with Crippen molar-refractivity contribution in [2.45, 2.75) is 76.8 Å². The van der Waals surface area contributed by atoms with Gasteiger partial charge in [0.1, 0.15) is 5.82 Å². The third-order valence-electron chi connectivity index (χ3n) is 5.35. The normalized spacial score (nSPS) is 28.8. The van der Waals surface area contributed by atoms with Crippen LogP contribution < -0.4 is 5.32 Å². The molecular weight excluding hydrogens is 262 g/mol. The Labute approximate surface area is 128 Å². The van der Waals surface area contributed by atoms with Crippen molar-refractivity contribution in [2.75, 3.05) is 13.2 Å². The molecule has 1 aromatic rings. The Hall–Kier alpha value is -0.870. The molecule has 4 nitrogen and oxygen atoms in total. The first-order valence-electron chi connectivity index (χ1n) is 8.61. The number of aromatic nitrogens is 2. The minimum Gasteiger partial charge on any atom is -0.394 e. The van der Waals surface area contributed by atoms with Crippen LogP contribution in [0.2, 0.25) is 0 Å². The summed E-state index contributed by atoms with van der Waals surface area (Å²) in [6, 6.07) is 0.510. The smallest absolute Gasteiger partial charge is 0.106 e. The van der Waals surface area contributed by atoms with Gasteiger partial charge in [0, 0.05) is 17.3 Å². The van der Waals surface area contributed by atoms with Crippen LogP contribution in [-0.4, -0.2) is 33.3 Å². The van der Waals surface area contributed by atoms with Crippen LogP contribution in [0.1, 0.15) is 68.7 Å². The molecule has 2 unspecified atom stereocenters. The van der Waals surface area contributed by atoms with Gasteiger partial charge in [-0.05, 0) is 64.8 Å². The highest BCUT2D eigenvalue weighted by Crippen LogP contribution is 2.40. The standard InChI is InChI=1S/C17H29N3O/c1-3-10-18-17(12-21)9-8-14(11-17)20-13(2)19-15-6-4-5-7-16(15)20/h14,18,21H,3-12H2,1-2H3. The molecule has 21 heavy (non-hydrogen) atoms. The highest BCUT2D eigenvalue weighted by molar-refractivity contribution is 5.22. The van der Waals surface area contributed by atoms with Crippen molar-refractivity contribution in [1.82, 2.24) is 14.9 Å². The van der Waals surface area contributed by atoms with E-state index in [1.54, 1.807) is 0 Å². The van der Waals surface area contributed by atoms with Crippen LogP contribution in [0.3, 0.4) is 0 Å². The highest BCUT2D eigenvalue weighted by atomic mass is 16.3. The third-order valence-corrected chi connectivity index (χ3v) is 5.35. The second kappa shape index (κ2) is 6.09. The summed E-state index contributed by atoms with van der Waals surface area (Å²) in [6.07, 6.45) is 9.29. The van der Waals surface area contributed by atoms with E-state index in [2.05, 4.69) is 23.7 Å². The summed E-state index contributed by atoms with van der Waals surface area (Å²) in [5.74, 6) is 1.18. The monoisotopic (exact) mass is 291 g/mol. The number of hydrogen-bond donors (Lipinski definition) is 2. The topological polar surface area (TPSA) is 50.1 Å². The van der Waals surface area contributed by atoms with Crippen LogP contribution in [0.4, 0.5) is 0 Å². The first-order chi connectivity index (χ1) is 10.2. The Morgan fingerprint density at radius 3 is 2.95 bits per heavy atom. The zero-order chi connectivity index (χ0) is 14.9. The van der Waals surface area contributed by atoms with E-state index >= 15 is 0 Å². The van der Waals surface area contributed by atoms with Gasteiger partial charge in [-0.3, -0.25) is 0 Å². The summed E-state index contributed by atoms with van der Waals surface area (Å²) < 4.78 is 2.50. The van der Waals surface area contributed by atoms with Crippen molar-refractivity contribution >= 4 is 0 Å². The average Bonchev–Trinajstić information content (AvgIpc) is 3.05. The summed E-state index contributed by atoms with van der Waals surface area (Å²) in [7, 11) is 0. The summed E-state index contributed by atoms with van der Waals surface area (Å²) >= 11 is 0. The van der Waals surface area contributed by atoms with E-state index in [0.29, 0.717) is 6.04 Å². The number of hydrogen-bond acceptors (Lipinski definition) is 3. The molecule has 1 fully saturated rings. The summed E-state index contributed by atoms with van der Waals surface area (Å²) in [5, 5.41) is 13.5. The van der Waals surface area contributed by atoms with Crippen molar-refractivity contribution in [3.8, 4) is 0 Å². The Bertz CT molecular complexity index is 496. The van der Waals surface area contributed by atoms with Gasteiger partial charge in [0.2, 0.25) is 0 Å². The number of nitrogens with one attached hydrogen (secondary N) is 1. The molecule has 1 aromatic heterocycles. The fourth-order valence-corrected chi connectivity index (χ4v) is 4.25. The first kappa shape index (κ1) is 15.0. The molecule has 0 amide bonds. The molecule has 0 radical (unpaired) electrons. The molecule has 2 aliphatic carbocycles. The Kier molecular flexibility index (Phi) is 4.36. The number of aryl methyl sites for hydroxylation is 2. The van der Waals surface area contributed by atoms with Crippen molar-refractivity contribution in [1.29, 1.82) is 0 Å². The van der Waals surface area contributed by atoms with E-state index in [4.69, 9.17) is 4.98 Å². The minimum absolute atomic E-state index is 0.0705. The van der Waals surface area contributed by atoms with E-state index in [-0.39, 0.29) is 12.1 Å². The Morgan fingerprint density at radius 1 is 1.38 bits per heavy atom. The molecule has 118 valence electrons. The lowest BCUT2D eigenvalue weighted by atomic mass is 9.97. The zero-order valence-electron chi connectivity index (χ0n) is 13.5. The van der Waals surface area contributed by atoms with E-state index in [1.165, 1.54) is 36.5 Å². The van der Waals surface area contributed by atoms with Crippen molar-refractivity contribution < 1.29 is 5.11 Å². The van der Waals surface area contributed by atoms with Gasteiger partial charge < -0.3 is 15.0 Å². The van der Waals surface area contributed by atoms with Crippen LogP contribution in [0.5, 0.6) is 0 Å². The fourth-order valence-electron chi connectivity index (χ4n) is 4.25. The predicted molar refractivity (Wildman–Crippen MR) is 84.6 cm³/mol. The van der Waals surface area contributed by atoms with Crippen molar-refractivity contribution in [2.24, 2.45) is 0 Å². The largest absolute Gasteiger partial charge is 0.394 e. The van der Waals surface area contributed by atoms with Gasteiger partial charge in [-0.1, -0.05) is 6.92 Å². The third kappa shape index (κ3) is 2.76. The van der Waals surface area contributed by atoms with Crippen LogP contribution in [0.25, 0.3) is 0 Å². The number of aliphatic hydroxyl groups is 1. The molecule has 0 aliphatic heterocycles. The van der Waals surface area contributed by atoms with Gasteiger partial charge in [-0.2, -0.15) is 0 Å². The molecule has 1 heterocycles. The van der Waals surface area contributed by atoms with E-state index < -0.39 is 0 Å². The van der Waals surface area contributed by atoms with Gasteiger partial charge in [0.15, 0.2) is 0 Å². The summed E-state index contributed by atoms with van der Waals surface area (Å²) in [5.41, 5.74) is 2.74. The van der Waals surface area contributed by atoms with E-state index in [0.717, 1.165) is 38.6 Å². The molecular formula is C17H29N3O. The first-order valence-corrected chi connectivity index (χ1v) is 8.61. The number of nitrogens with zero attached hydrogens (tertiary/aromatic N) is 2. The predicted octanol–water partition coefficient (Wildman–Crippen LogP) is 2.53. The second-order valence-corrected chi connectivity index (χ2v) is 6.89. The lowest BCUT2D eigenvalue weighted by Crippen LogP contribution is -2.46. The Morgan fingerprint density at radius 2 is 2.19 bits per heavy atom. The van der Waals surface area contributed by atoms with Crippen molar-refractivity contribution in [3.05, 3.63) is 17.2 Å². The van der Waals surface area contributed by atoms with Gasteiger partial charge >= 0.3 is 0 Å². The molecule has 0 bridgehead atoms. The van der Waals surface area contributed by atoms with Gasteiger partial charge in [-0.15, -0.1) is 0 Å². The summed E-state index contributed by atoms with van der Waals surface area (Å²) in [4.78, 5) is 4.81. The van der Waals surface area contributed by atoms with E-state index in [9.17, 15) is 5.11 Å². The lowest BCUT2D eigenvalue weighted by molar-refractivity contribution is 0.160. The molecule has 2 N–H and O–H groups in total. The van der Waals surface area contributed by atoms with E-state index in [1.807, 2.05) is 0 Å². The average molecular weight is 291 g/mol. The second-order valence-electron chi connectivity index (χ2n) is 6.89. The fraction of sp³-hybridized carbons (Fsp3) is 0.824. The summed E-state index contributed by atoms with van der Waals surface area (Å²) in [6.45, 7) is 5.57. The maximum atomic E-state index is 9.88. The molecule has 2 aliphatic rings. The van der Waals surface area contributed by atoms with Gasteiger partial charge in [0.25, 0.3) is 0 Å². The van der Waals surface area contributed by atoms with Crippen LogP contribution in [0.15, 0.2) is 0 Å². The number of fused-ring (bicyclic) bond motifs is 1. The van der Waals surface area contributed by atoms with Crippen molar-refractivity contribution in [3.63, 3.8) is 0 Å². The minimum atomic E-state index is -0.0705. The molecule has 3 rings (SSSR count). The van der Waals surface area contributed by atoms with Crippen LogP contribution in [-0.2, 0) is 12.8 Å². The molecule has 0 spiro atoms. The quantitative estimate of drug-likeness (QED) is 0.876. The number of imidazole rings is 1. The van der Waals surface area contributed by atoms with Gasteiger partial charge in [-0.25, -0.2) is 4.98 Å². The van der Waals surface area contributed by atoms with Crippen LogP contribution in [0, 0.1) is 6.92 Å². The number of rotatable bonds is 5. The SMILES string of the molecule is CCCNC1(CO)CCC(n2c(C)nc3c2CCCC3)C1. The maximum Gasteiger partial charge on any atom is 0.106 e. The molecule has 0 aromatic carbocycles. The zero-order valence-corrected chi connectivity index (χ0v) is 13.5. The maximum absolute atomic E-state index is 9.88.